The van der Waals surface area contributed by atoms with Gasteiger partial charge < -0.3 is 9.73 Å². The lowest BCUT2D eigenvalue weighted by Crippen LogP contribution is -1.97. The van der Waals surface area contributed by atoms with E-state index in [1.54, 1.807) is 17.6 Å². The van der Waals surface area contributed by atoms with E-state index in [1.807, 2.05) is 19.1 Å². The number of hydrogen-bond donors (Lipinski definition) is 1. The Morgan fingerprint density at radius 2 is 2.05 bits per heavy atom. The molecule has 0 aliphatic carbocycles. The smallest absolute Gasteiger partial charge is 0.191 e. The first-order valence-electron chi connectivity index (χ1n) is 6.09. The predicted octanol–water partition coefficient (Wildman–Crippen LogP) is 4.32. The maximum atomic E-state index is 5.22. The van der Waals surface area contributed by atoms with Gasteiger partial charge in [-0.1, -0.05) is 12.1 Å². The minimum atomic E-state index is 0.689. The summed E-state index contributed by atoms with van der Waals surface area (Å²) >= 11 is 1.72. The number of rotatable bonds is 4. The topological polar surface area (TPSA) is 38.1 Å². The molecule has 19 heavy (non-hydrogen) atoms. The molecule has 0 unspecified atom stereocenters. The van der Waals surface area contributed by atoms with Gasteiger partial charge in [0.1, 0.15) is 12.0 Å². The lowest BCUT2D eigenvalue weighted by Gasteiger charge is -2.05. The summed E-state index contributed by atoms with van der Waals surface area (Å²) in [6.45, 7) is 2.70. The monoisotopic (exact) mass is 270 g/mol. The van der Waals surface area contributed by atoms with Gasteiger partial charge in [-0.05, 0) is 34.5 Å². The number of aromatic nitrogens is 1. The molecule has 0 bridgehead atoms. The van der Waals surface area contributed by atoms with Gasteiger partial charge in [0.2, 0.25) is 0 Å². The molecule has 1 aromatic carbocycles. The predicted molar refractivity (Wildman–Crippen MR) is 78.3 cm³/mol. The highest BCUT2D eigenvalue weighted by Crippen LogP contribution is 2.21. The molecule has 0 atom stereocenters. The van der Waals surface area contributed by atoms with E-state index < -0.39 is 0 Å². The maximum Gasteiger partial charge on any atom is 0.191 e. The van der Waals surface area contributed by atoms with Crippen molar-refractivity contribution in [1.82, 2.24) is 4.98 Å². The Labute approximate surface area is 115 Å². The van der Waals surface area contributed by atoms with E-state index in [2.05, 4.69) is 39.3 Å². The molecule has 0 saturated heterocycles. The number of aryl methyl sites for hydroxylation is 1. The van der Waals surface area contributed by atoms with Crippen LogP contribution in [0.15, 0.2) is 51.8 Å². The average Bonchev–Trinajstić information content (AvgIpc) is 3.08. The largest absolute Gasteiger partial charge is 0.449 e. The fourth-order valence-corrected chi connectivity index (χ4v) is 2.52. The van der Waals surface area contributed by atoms with Crippen molar-refractivity contribution in [1.29, 1.82) is 0 Å². The van der Waals surface area contributed by atoms with Crippen LogP contribution in [0.3, 0.4) is 0 Å². The van der Waals surface area contributed by atoms with Gasteiger partial charge in [-0.25, -0.2) is 4.98 Å². The zero-order valence-electron chi connectivity index (χ0n) is 10.6. The molecule has 0 radical (unpaired) electrons. The van der Waals surface area contributed by atoms with Crippen LogP contribution in [-0.2, 0) is 6.54 Å². The summed E-state index contributed by atoms with van der Waals surface area (Å²) in [5, 5.41) is 7.64. The molecule has 3 rings (SSSR count). The van der Waals surface area contributed by atoms with Gasteiger partial charge in [0.05, 0.1) is 0 Å². The van der Waals surface area contributed by atoms with Crippen LogP contribution in [0.4, 0.5) is 5.69 Å². The van der Waals surface area contributed by atoms with Crippen molar-refractivity contribution < 1.29 is 4.42 Å². The van der Waals surface area contributed by atoms with Crippen molar-refractivity contribution in [2.45, 2.75) is 13.5 Å². The Morgan fingerprint density at radius 3 is 2.68 bits per heavy atom. The number of nitrogens with zero attached hydrogens (tertiary/aromatic N) is 1. The van der Waals surface area contributed by atoms with Gasteiger partial charge in [-0.15, -0.1) is 0 Å². The van der Waals surface area contributed by atoms with Gasteiger partial charge in [0, 0.05) is 24.7 Å². The van der Waals surface area contributed by atoms with E-state index in [9.17, 15) is 0 Å². The van der Waals surface area contributed by atoms with Gasteiger partial charge in [0.15, 0.2) is 5.89 Å². The molecule has 1 N–H and O–H groups in total. The summed E-state index contributed by atoms with van der Waals surface area (Å²) in [7, 11) is 0. The van der Waals surface area contributed by atoms with Crippen molar-refractivity contribution in [2.75, 3.05) is 5.32 Å². The van der Waals surface area contributed by atoms with Gasteiger partial charge in [0.25, 0.3) is 0 Å². The molecule has 0 aliphatic rings. The molecule has 0 saturated carbocycles. The van der Waals surface area contributed by atoms with E-state index >= 15 is 0 Å². The second-order valence-electron chi connectivity index (χ2n) is 4.31. The van der Waals surface area contributed by atoms with Crippen LogP contribution in [0.5, 0.6) is 0 Å². The van der Waals surface area contributed by atoms with Crippen LogP contribution in [-0.4, -0.2) is 4.98 Å². The van der Waals surface area contributed by atoms with Crippen molar-refractivity contribution in [3.8, 4) is 11.3 Å². The third kappa shape index (κ3) is 2.85. The fourth-order valence-electron chi connectivity index (χ4n) is 1.85. The molecule has 4 heteroatoms. The van der Waals surface area contributed by atoms with E-state index in [0.717, 1.165) is 23.5 Å². The lowest BCUT2D eigenvalue weighted by atomic mass is 10.1. The van der Waals surface area contributed by atoms with Crippen LogP contribution in [0, 0.1) is 6.92 Å². The van der Waals surface area contributed by atoms with E-state index in [4.69, 9.17) is 4.42 Å². The van der Waals surface area contributed by atoms with Crippen LogP contribution in [0.25, 0.3) is 11.3 Å². The standard InChI is InChI=1S/C15H14N2OS/c1-11-17-15(9-18-11)13-2-4-14(5-3-13)16-8-12-6-7-19-10-12/h2-7,9-10,16H,8H2,1H3. The first-order valence-corrected chi connectivity index (χ1v) is 7.03. The highest BCUT2D eigenvalue weighted by molar-refractivity contribution is 7.07. The summed E-state index contributed by atoms with van der Waals surface area (Å²) in [6, 6.07) is 10.3. The molecule has 0 spiro atoms. The molecule has 2 heterocycles. The highest BCUT2D eigenvalue weighted by atomic mass is 32.1. The van der Waals surface area contributed by atoms with Gasteiger partial charge in [-0.3, -0.25) is 0 Å². The average molecular weight is 270 g/mol. The van der Waals surface area contributed by atoms with Crippen molar-refractivity contribution in [2.24, 2.45) is 0 Å². The van der Waals surface area contributed by atoms with E-state index in [-0.39, 0.29) is 0 Å². The third-order valence-corrected chi connectivity index (χ3v) is 3.61. The third-order valence-electron chi connectivity index (χ3n) is 2.88. The normalized spacial score (nSPS) is 10.6. The number of hydrogen-bond acceptors (Lipinski definition) is 4. The summed E-state index contributed by atoms with van der Waals surface area (Å²) in [5.41, 5.74) is 4.36. The van der Waals surface area contributed by atoms with Crippen molar-refractivity contribution in [3.05, 3.63) is 58.8 Å². The fraction of sp³-hybridized carbons (Fsp3) is 0.133. The maximum absolute atomic E-state index is 5.22. The minimum Gasteiger partial charge on any atom is -0.449 e. The van der Waals surface area contributed by atoms with Crippen LogP contribution in [0.1, 0.15) is 11.5 Å². The SMILES string of the molecule is Cc1nc(-c2ccc(NCc3ccsc3)cc2)co1. The highest BCUT2D eigenvalue weighted by Gasteiger charge is 2.03. The summed E-state index contributed by atoms with van der Waals surface area (Å²) in [4.78, 5) is 4.31. The number of anilines is 1. The Hall–Kier alpha value is -2.07. The Balaban J connectivity index is 1.69. The Kier molecular flexibility index (Phi) is 3.33. The second kappa shape index (κ2) is 5.28. The zero-order valence-corrected chi connectivity index (χ0v) is 11.4. The van der Waals surface area contributed by atoms with E-state index in [0.29, 0.717) is 5.89 Å². The lowest BCUT2D eigenvalue weighted by molar-refractivity contribution is 0.521. The van der Waals surface area contributed by atoms with Crippen LogP contribution >= 0.6 is 11.3 Å². The number of benzene rings is 1. The molecular formula is C15H14N2OS. The number of thiophene rings is 1. The molecule has 2 aromatic heterocycles. The molecule has 3 aromatic rings. The quantitative estimate of drug-likeness (QED) is 0.767. The first kappa shape index (κ1) is 12.0. The van der Waals surface area contributed by atoms with Crippen LogP contribution < -0.4 is 5.32 Å². The zero-order chi connectivity index (χ0) is 13.1. The van der Waals surface area contributed by atoms with Crippen molar-refractivity contribution in [3.63, 3.8) is 0 Å². The summed E-state index contributed by atoms with van der Waals surface area (Å²) < 4.78 is 5.22. The Bertz CT molecular complexity index is 641. The second-order valence-corrected chi connectivity index (χ2v) is 5.09. The van der Waals surface area contributed by atoms with Gasteiger partial charge >= 0.3 is 0 Å². The minimum absolute atomic E-state index is 0.689. The molecule has 0 aliphatic heterocycles. The van der Waals surface area contributed by atoms with Gasteiger partial charge in [-0.2, -0.15) is 11.3 Å². The molecule has 0 fully saturated rings. The molecule has 0 amide bonds. The molecule has 3 nitrogen and oxygen atoms in total. The van der Waals surface area contributed by atoms with Crippen LogP contribution in [0.2, 0.25) is 0 Å². The number of oxazole rings is 1. The Morgan fingerprint density at radius 1 is 1.21 bits per heavy atom. The number of nitrogens with one attached hydrogen (secondary N) is 1. The van der Waals surface area contributed by atoms with E-state index in [1.165, 1.54) is 5.56 Å². The first-order chi connectivity index (χ1) is 9.31. The summed E-state index contributed by atoms with van der Waals surface area (Å²) in [5.74, 6) is 0.689. The molecular weight excluding hydrogens is 256 g/mol. The van der Waals surface area contributed by atoms with Crippen molar-refractivity contribution >= 4 is 17.0 Å². The summed E-state index contributed by atoms with van der Waals surface area (Å²) in [6.07, 6.45) is 1.68. The molecule has 96 valence electrons.